The van der Waals surface area contributed by atoms with Crippen molar-refractivity contribution in [3.8, 4) is 16.9 Å². The maximum absolute atomic E-state index is 13.8. The number of nitrogens with zero attached hydrogens (tertiary/aromatic N) is 3. The van der Waals surface area contributed by atoms with Crippen LogP contribution in [-0.2, 0) is 0 Å². The Balaban J connectivity index is 1.58. The van der Waals surface area contributed by atoms with Gasteiger partial charge in [-0.05, 0) is 42.3 Å². The molecule has 1 aromatic carbocycles. The van der Waals surface area contributed by atoms with Gasteiger partial charge in [0.2, 0.25) is 0 Å². The molecule has 0 bridgehead atoms. The molecule has 1 amide bonds. The van der Waals surface area contributed by atoms with Crippen molar-refractivity contribution in [2.75, 3.05) is 23.3 Å². The third kappa shape index (κ3) is 4.96. The molecule has 2 aromatic heterocycles. The number of rotatable bonds is 5. The van der Waals surface area contributed by atoms with Crippen molar-refractivity contribution in [2.45, 2.75) is 13.3 Å². The summed E-state index contributed by atoms with van der Waals surface area (Å²) in [7, 11) is 0. The normalized spacial score (nSPS) is 14.1. The van der Waals surface area contributed by atoms with Crippen molar-refractivity contribution in [2.24, 2.45) is 5.92 Å². The van der Waals surface area contributed by atoms with Gasteiger partial charge in [-0.25, -0.2) is 9.37 Å². The monoisotopic (exact) mass is 446 g/mol. The predicted octanol–water partition coefficient (Wildman–Crippen LogP) is 4.89. The van der Waals surface area contributed by atoms with E-state index in [1.165, 1.54) is 30.6 Å². The first-order chi connectivity index (χ1) is 15.2. The third-order valence-corrected chi connectivity index (χ3v) is 4.85. The quantitative estimate of drug-likeness (QED) is 0.566. The molecule has 10 heteroatoms. The number of hydrogen-bond donors (Lipinski definition) is 1. The van der Waals surface area contributed by atoms with Gasteiger partial charge in [0.1, 0.15) is 17.4 Å². The van der Waals surface area contributed by atoms with Crippen LogP contribution < -0.4 is 15.0 Å². The van der Waals surface area contributed by atoms with E-state index in [1.807, 2.05) is 4.90 Å². The highest BCUT2D eigenvalue weighted by Crippen LogP contribution is 2.34. The van der Waals surface area contributed by atoms with E-state index in [2.05, 4.69) is 26.9 Å². The molecule has 166 valence electrons. The van der Waals surface area contributed by atoms with Gasteiger partial charge in [-0.2, -0.15) is 0 Å². The molecule has 1 N–H and O–H groups in total. The van der Waals surface area contributed by atoms with Crippen LogP contribution in [0, 0.1) is 11.7 Å². The number of hydrogen-bond acceptors (Lipinski definition) is 5. The fourth-order valence-corrected chi connectivity index (χ4v) is 3.42. The number of benzene rings is 1. The molecule has 1 aliphatic rings. The number of halogens is 4. The first-order valence-corrected chi connectivity index (χ1v) is 9.71. The molecule has 0 aliphatic carbocycles. The van der Waals surface area contributed by atoms with Crippen LogP contribution in [0.4, 0.5) is 29.1 Å². The molecule has 0 radical (unpaired) electrons. The molecule has 0 unspecified atom stereocenters. The lowest BCUT2D eigenvalue weighted by atomic mass is 9.99. The van der Waals surface area contributed by atoms with E-state index >= 15 is 0 Å². The van der Waals surface area contributed by atoms with E-state index in [0.29, 0.717) is 22.9 Å². The highest BCUT2D eigenvalue weighted by atomic mass is 19.4. The summed E-state index contributed by atoms with van der Waals surface area (Å²) in [5.74, 6) is -0.299. The summed E-state index contributed by atoms with van der Waals surface area (Å²) in [6.45, 7) is 3.69. The molecule has 3 heterocycles. The van der Waals surface area contributed by atoms with Gasteiger partial charge in [-0.15, -0.1) is 13.2 Å². The molecular formula is C22H18F4N4O2. The highest BCUT2D eigenvalue weighted by molar-refractivity contribution is 6.05. The van der Waals surface area contributed by atoms with Gasteiger partial charge in [-0.3, -0.25) is 9.78 Å². The molecule has 6 nitrogen and oxygen atoms in total. The first-order valence-electron chi connectivity index (χ1n) is 9.71. The van der Waals surface area contributed by atoms with Gasteiger partial charge in [0.15, 0.2) is 0 Å². The van der Waals surface area contributed by atoms with E-state index in [4.69, 9.17) is 0 Å². The Morgan fingerprint density at radius 3 is 2.47 bits per heavy atom. The molecular weight excluding hydrogens is 428 g/mol. The van der Waals surface area contributed by atoms with Crippen LogP contribution in [0.5, 0.6) is 5.75 Å². The predicted molar refractivity (Wildman–Crippen MR) is 110 cm³/mol. The van der Waals surface area contributed by atoms with Gasteiger partial charge in [0.25, 0.3) is 5.91 Å². The van der Waals surface area contributed by atoms with Crippen molar-refractivity contribution in [1.29, 1.82) is 0 Å². The Labute approximate surface area is 180 Å². The summed E-state index contributed by atoms with van der Waals surface area (Å²) in [5.41, 5.74) is 1.53. The van der Waals surface area contributed by atoms with Gasteiger partial charge in [-0.1, -0.05) is 6.92 Å². The molecule has 1 aliphatic heterocycles. The van der Waals surface area contributed by atoms with Crippen LogP contribution >= 0.6 is 0 Å². The van der Waals surface area contributed by atoms with E-state index in [1.54, 1.807) is 6.07 Å². The van der Waals surface area contributed by atoms with Crippen molar-refractivity contribution in [1.82, 2.24) is 9.97 Å². The van der Waals surface area contributed by atoms with Crippen LogP contribution in [0.15, 0.2) is 55.0 Å². The largest absolute Gasteiger partial charge is 0.573 e. The standard InChI is InChI=1S/C22H18F4N4O2/c1-13-11-30(12-13)20-19(14-6-16(23)10-27-8-14)7-15(9-28-20)21(31)29-17-2-4-18(5-3-17)32-22(24,25)26/h2-10,13H,11-12H2,1H3,(H,29,31). The molecule has 0 spiro atoms. The zero-order valence-corrected chi connectivity index (χ0v) is 16.9. The van der Waals surface area contributed by atoms with Gasteiger partial charge in [0.05, 0.1) is 11.8 Å². The average Bonchev–Trinajstić information content (AvgIpc) is 2.71. The van der Waals surface area contributed by atoms with Crippen molar-refractivity contribution in [3.05, 3.63) is 66.4 Å². The number of amides is 1. The second-order valence-electron chi connectivity index (χ2n) is 7.52. The zero-order chi connectivity index (χ0) is 22.9. The lowest BCUT2D eigenvalue weighted by Crippen LogP contribution is -2.45. The summed E-state index contributed by atoms with van der Waals surface area (Å²) in [5, 5.41) is 2.60. The summed E-state index contributed by atoms with van der Waals surface area (Å²) in [6.07, 6.45) is -0.807. The summed E-state index contributed by atoms with van der Waals surface area (Å²) in [4.78, 5) is 23.1. The maximum Gasteiger partial charge on any atom is 0.573 e. The number of nitrogens with one attached hydrogen (secondary N) is 1. The molecule has 0 saturated carbocycles. The number of alkyl halides is 3. The van der Waals surface area contributed by atoms with Gasteiger partial charge in [0, 0.05) is 42.3 Å². The molecule has 1 fully saturated rings. The molecule has 0 atom stereocenters. The van der Waals surface area contributed by atoms with Gasteiger partial charge < -0.3 is 15.0 Å². The fourth-order valence-electron chi connectivity index (χ4n) is 3.42. The van der Waals surface area contributed by atoms with Crippen molar-refractivity contribution >= 4 is 17.4 Å². The number of carbonyl (C=O) groups excluding carboxylic acids is 1. The number of ether oxygens (including phenoxy) is 1. The fraction of sp³-hybridized carbons (Fsp3) is 0.227. The topological polar surface area (TPSA) is 67.4 Å². The van der Waals surface area contributed by atoms with E-state index in [0.717, 1.165) is 31.4 Å². The van der Waals surface area contributed by atoms with E-state index in [-0.39, 0.29) is 11.3 Å². The van der Waals surface area contributed by atoms with Crippen molar-refractivity contribution in [3.63, 3.8) is 0 Å². The maximum atomic E-state index is 13.8. The smallest absolute Gasteiger partial charge is 0.406 e. The Morgan fingerprint density at radius 2 is 1.84 bits per heavy atom. The summed E-state index contributed by atoms with van der Waals surface area (Å²) >= 11 is 0. The third-order valence-electron chi connectivity index (χ3n) is 4.85. The minimum absolute atomic E-state index is 0.206. The van der Waals surface area contributed by atoms with Crippen LogP contribution in [-0.4, -0.2) is 35.3 Å². The Hall–Kier alpha value is -3.69. The van der Waals surface area contributed by atoms with E-state index in [9.17, 15) is 22.4 Å². The molecule has 1 saturated heterocycles. The second kappa shape index (κ2) is 8.45. The van der Waals surface area contributed by atoms with Crippen LogP contribution in [0.25, 0.3) is 11.1 Å². The molecule has 32 heavy (non-hydrogen) atoms. The number of aromatic nitrogens is 2. The summed E-state index contributed by atoms with van der Waals surface area (Å²) in [6, 6.07) is 7.69. The Morgan fingerprint density at radius 1 is 1.12 bits per heavy atom. The van der Waals surface area contributed by atoms with Crippen LogP contribution in [0.2, 0.25) is 0 Å². The van der Waals surface area contributed by atoms with E-state index < -0.39 is 23.8 Å². The minimum atomic E-state index is -4.80. The van der Waals surface area contributed by atoms with Crippen LogP contribution in [0.1, 0.15) is 17.3 Å². The minimum Gasteiger partial charge on any atom is -0.406 e. The first kappa shape index (κ1) is 21.5. The van der Waals surface area contributed by atoms with Gasteiger partial charge >= 0.3 is 6.36 Å². The molecule has 4 rings (SSSR count). The number of carbonyl (C=O) groups is 1. The number of pyridine rings is 2. The lowest BCUT2D eigenvalue weighted by molar-refractivity contribution is -0.274. The highest BCUT2D eigenvalue weighted by Gasteiger charge is 2.31. The van der Waals surface area contributed by atoms with Crippen LogP contribution in [0.3, 0.4) is 0 Å². The summed E-state index contributed by atoms with van der Waals surface area (Å²) < 4.78 is 54.4. The lowest BCUT2D eigenvalue weighted by Gasteiger charge is -2.39. The zero-order valence-electron chi connectivity index (χ0n) is 16.9. The SMILES string of the molecule is CC1CN(c2ncc(C(=O)Nc3ccc(OC(F)(F)F)cc3)cc2-c2cncc(F)c2)C1. The Kier molecular flexibility index (Phi) is 5.68. The Bertz CT molecular complexity index is 1130. The average molecular weight is 446 g/mol. The second-order valence-corrected chi connectivity index (χ2v) is 7.52. The number of anilines is 2. The molecule has 3 aromatic rings. The van der Waals surface area contributed by atoms with Crippen molar-refractivity contribution < 1.29 is 27.1 Å².